The molecular formula is C26H21NO6S. The maximum atomic E-state index is 12.8. The van der Waals surface area contributed by atoms with Crippen molar-refractivity contribution < 1.29 is 28.7 Å². The molecule has 7 nitrogen and oxygen atoms in total. The molecule has 1 unspecified atom stereocenters. The molecule has 8 heteroatoms. The Morgan fingerprint density at radius 1 is 0.912 bits per heavy atom. The van der Waals surface area contributed by atoms with Crippen molar-refractivity contribution in [1.82, 2.24) is 0 Å². The van der Waals surface area contributed by atoms with E-state index in [0.29, 0.717) is 17.0 Å². The molecule has 1 atom stereocenters. The Morgan fingerprint density at radius 3 is 2.21 bits per heavy atom. The minimum Gasteiger partial charge on any atom is -0.497 e. The number of amides is 2. The van der Waals surface area contributed by atoms with Gasteiger partial charge in [-0.3, -0.25) is 14.4 Å². The first-order valence-corrected chi connectivity index (χ1v) is 11.4. The predicted octanol–water partition coefficient (Wildman–Crippen LogP) is 4.16. The van der Waals surface area contributed by atoms with Gasteiger partial charge in [0.05, 0.1) is 23.6 Å². The van der Waals surface area contributed by atoms with Crippen LogP contribution in [0, 0.1) is 0 Å². The normalized spacial score (nSPS) is 15.3. The first kappa shape index (κ1) is 23.3. The molecule has 1 fully saturated rings. The van der Waals surface area contributed by atoms with Gasteiger partial charge in [0.2, 0.25) is 11.8 Å². The fraction of sp³-hybridized carbons (Fsp3) is 0.154. The molecule has 172 valence electrons. The maximum Gasteiger partial charge on any atom is 0.338 e. The molecule has 0 radical (unpaired) electrons. The monoisotopic (exact) mass is 475 g/mol. The number of esters is 1. The molecule has 1 aliphatic heterocycles. The van der Waals surface area contributed by atoms with Gasteiger partial charge < -0.3 is 9.47 Å². The molecule has 0 aliphatic carbocycles. The van der Waals surface area contributed by atoms with Crippen molar-refractivity contribution in [3.8, 4) is 5.75 Å². The van der Waals surface area contributed by atoms with Crippen LogP contribution in [0.2, 0.25) is 0 Å². The Bertz CT molecular complexity index is 1210. The number of imide groups is 1. The van der Waals surface area contributed by atoms with E-state index >= 15 is 0 Å². The zero-order valence-electron chi connectivity index (χ0n) is 18.3. The molecule has 1 heterocycles. The Balaban J connectivity index is 1.36. The largest absolute Gasteiger partial charge is 0.497 e. The van der Waals surface area contributed by atoms with Crippen molar-refractivity contribution in [3.63, 3.8) is 0 Å². The van der Waals surface area contributed by atoms with Gasteiger partial charge in [-0.15, -0.1) is 11.8 Å². The first-order chi connectivity index (χ1) is 16.5. The lowest BCUT2D eigenvalue weighted by Crippen LogP contribution is -2.31. The van der Waals surface area contributed by atoms with Gasteiger partial charge in [-0.1, -0.05) is 18.2 Å². The number of benzene rings is 3. The summed E-state index contributed by atoms with van der Waals surface area (Å²) in [5, 5.41) is -0.497. The third-order valence-electron chi connectivity index (χ3n) is 5.23. The third-order valence-corrected chi connectivity index (χ3v) is 6.43. The zero-order valence-corrected chi connectivity index (χ0v) is 19.1. The Hall–Kier alpha value is -3.91. The lowest BCUT2D eigenvalue weighted by atomic mass is 10.1. The van der Waals surface area contributed by atoms with Crippen molar-refractivity contribution >= 4 is 41.0 Å². The average molecular weight is 476 g/mol. The molecule has 0 saturated carbocycles. The number of carbonyl (C=O) groups is 4. The smallest absolute Gasteiger partial charge is 0.338 e. The molecule has 2 amide bonds. The summed E-state index contributed by atoms with van der Waals surface area (Å²) in [6, 6.07) is 21.9. The van der Waals surface area contributed by atoms with Crippen molar-refractivity contribution in [2.75, 3.05) is 18.6 Å². The quantitative estimate of drug-likeness (QED) is 0.275. The molecule has 0 N–H and O–H groups in total. The van der Waals surface area contributed by atoms with E-state index in [4.69, 9.17) is 9.47 Å². The number of ketones is 1. The fourth-order valence-electron chi connectivity index (χ4n) is 3.45. The number of thioether (sulfide) groups is 1. The Morgan fingerprint density at radius 2 is 1.56 bits per heavy atom. The minimum atomic E-state index is -0.676. The van der Waals surface area contributed by atoms with E-state index in [1.807, 2.05) is 30.3 Å². The SMILES string of the molecule is COc1ccc(C(=O)COC(=O)c2ccc(N3C(=O)CC(Sc4ccccc4)C3=O)cc2)cc1. The van der Waals surface area contributed by atoms with E-state index in [1.54, 1.807) is 24.3 Å². The van der Waals surface area contributed by atoms with Crippen molar-refractivity contribution in [1.29, 1.82) is 0 Å². The van der Waals surface area contributed by atoms with Gasteiger partial charge in [-0.2, -0.15) is 0 Å². The molecule has 0 spiro atoms. The number of Topliss-reactive ketones (excluding diaryl/α,β-unsaturated/α-hetero) is 1. The van der Waals surface area contributed by atoms with Crippen LogP contribution in [-0.4, -0.2) is 42.5 Å². The molecule has 3 aromatic rings. The summed E-state index contributed by atoms with van der Waals surface area (Å²) in [6.45, 7) is -0.408. The number of anilines is 1. The number of rotatable bonds is 8. The van der Waals surface area contributed by atoms with Crippen LogP contribution in [0.3, 0.4) is 0 Å². The molecule has 1 aliphatic rings. The summed E-state index contributed by atoms with van der Waals surface area (Å²) < 4.78 is 10.2. The number of nitrogens with zero attached hydrogens (tertiary/aromatic N) is 1. The number of hydrogen-bond donors (Lipinski definition) is 0. The molecule has 3 aromatic carbocycles. The van der Waals surface area contributed by atoms with E-state index in [0.717, 1.165) is 9.80 Å². The highest BCUT2D eigenvalue weighted by atomic mass is 32.2. The van der Waals surface area contributed by atoms with E-state index in [-0.39, 0.29) is 29.6 Å². The maximum absolute atomic E-state index is 12.8. The summed E-state index contributed by atoms with van der Waals surface area (Å²) in [6.07, 6.45) is 0.107. The van der Waals surface area contributed by atoms with Crippen LogP contribution in [-0.2, 0) is 14.3 Å². The minimum absolute atomic E-state index is 0.107. The second-order valence-corrected chi connectivity index (χ2v) is 8.74. The number of hydrogen-bond acceptors (Lipinski definition) is 7. The van der Waals surface area contributed by atoms with Crippen LogP contribution in [0.25, 0.3) is 0 Å². The van der Waals surface area contributed by atoms with Crippen LogP contribution < -0.4 is 9.64 Å². The summed E-state index contributed by atoms with van der Waals surface area (Å²) in [4.78, 5) is 52.0. The van der Waals surface area contributed by atoms with Gasteiger partial charge in [0.25, 0.3) is 0 Å². The van der Waals surface area contributed by atoms with Crippen molar-refractivity contribution in [3.05, 3.63) is 90.0 Å². The topological polar surface area (TPSA) is 90.0 Å². The first-order valence-electron chi connectivity index (χ1n) is 10.5. The summed E-state index contributed by atoms with van der Waals surface area (Å²) in [7, 11) is 1.53. The summed E-state index contributed by atoms with van der Waals surface area (Å²) in [5.41, 5.74) is 0.996. The highest BCUT2D eigenvalue weighted by Crippen LogP contribution is 2.33. The van der Waals surface area contributed by atoms with Gasteiger partial charge in [0.1, 0.15) is 5.75 Å². The predicted molar refractivity (Wildman–Crippen MR) is 127 cm³/mol. The average Bonchev–Trinajstić information content (AvgIpc) is 3.15. The molecule has 0 bridgehead atoms. The fourth-order valence-corrected chi connectivity index (χ4v) is 4.53. The zero-order chi connectivity index (χ0) is 24.1. The van der Waals surface area contributed by atoms with Crippen LogP contribution in [0.5, 0.6) is 5.75 Å². The number of methoxy groups -OCH3 is 1. The second kappa shape index (κ2) is 10.4. The van der Waals surface area contributed by atoms with E-state index in [1.165, 1.54) is 43.1 Å². The molecule has 0 aromatic heterocycles. The van der Waals surface area contributed by atoms with Crippen LogP contribution in [0.1, 0.15) is 27.1 Å². The van der Waals surface area contributed by atoms with E-state index in [2.05, 4.69) is 0 Å². The van der Waals surface area contributed by atoms with Crippen molar-refractivity contribution in [2.24, 2.45) is 0 Å². The highest BCUT2D eigenvalue weighted by Gasteiger charge is 2.40. The Labute approximate surface area is 200 Å². The van der Waals surface area contributed by atoms with Gasteiger partial charge in [0, 0.05) is 16.9 Å². The molecular weight excluding hydrogens is 454 g/mol. The van der Waals surface area contributed by atoms with Crippen LogP contribution >= 0.6 is 11.8 Å². The third kappa shape index (κ3) is 5.18. The van der Waals surface area contributed by atoms with Crippen LogP contribution in [0.15, 0.2) is 83.8 Å². The second-order valence-electron chi connectivity index (χ2n) is 7.47. The Kier molecular flexibility index (Phi) is 7.08. The summed E-state index contributed by atoms with van der Waals surface area (Å²) >= 11 is 1.35. The lowest BCUT2D eigenvalue weighted by molar-refractivity contribution is -0.121. The van der Waals surface area contributed by atoms with Gasteiger partial charge in [0.15, 0.2) is 12.4 Å². The van der Waals surface area contributed by atoms with E-state index < -0.39 is 17.8 Å². The number of carbonyl (C=O) groups excluding carboxylic acids is 4. The summed E-state index contributed by atoms with van der Waals surface area (Å²) in [5.74, 6) is -0.987. The highest BCUT2D eigenvalue weighted by molar-refractivity contribution is 8.00. The molecule has 1 saturated heterocycles. The molecule has 34 heavy (non-hydrogen) atoms. The van der Waals surface area contributed by atoms with Gasteiger partial charge >= 0.3 is 5.97 Å². The van der Waals surface area contributed by atoms with E-state index in [9.17, 15) is 19.2 Å². The van der Waals surface area contributed by atoms with Crippen LogP contribution in [0.4, 0.5) is 5.69 Å². The van der Waals surface area contributed by atoms with Gasteiger partial charge in [-0.05, 0) is 60.7 Å². The standard InChI is InChI=1S/C26H21NO6S/c1-32-20-13-9-17(10-14-20)22(28)16-33-26(31)18-7-11-19(12-8-18)27-24(29)15-23(25(27)30)34-21-5-3-2-4-6-21/h2-14,23H,15-16H2,1H3. The molecule has 4 rings (SSSR count). The van der Waals surface area contributed by atoms with Crippen molar-refractivity contribution in [2.45, 2.75) is 16.6 Å². The number of ether oxygens (including phenoxy) is 2. The lowest BCUT2D eigenvalue weighted by Gasteiger charge is -2.15. The van der Waals surface area contributed by atoms with Gasteiger partial charge in [-0.25, -0.2) is 9.69 Å².